The van der Waals surface area contributed by atoms with Gasteiger partial charge < -0.3 is 20.3 Å². The number of benzene rings is 1. The topological polar surface area (TPSA) is 52.1 Å². The standard InChI is InChI=1S/C23H40ClN5O/c1-5-28(6-2)13-9-10-19(3)27-23(25-4)26-18-22(29-14-16-30-17-15-29)20-11-7-8-12-21(20)24/h7-8,11-12,19,22H,5-6,9-10,13-18H2,1-4H3,(H2,25,26,27). The summed E-state index contributed by atoms with van der Waals surface area (Å²) in [5.74, 6) is 0.843. The number of nitrogens with one attached hydrogen (secondary N) is 2. The second-order valence-electron chi connectivity index (χ2n) is 7.85. The van der Waals surface area contributed by atoms with Gasteiger partial charge in [-0.1, -0.05) is 43.6 Å². The van der Waals surface area contributed by atoms with E-state index in [1.54, 1.807) is 0 Å². The molecule has 7 heteroatoms. The number of ether oxygens (including phenoxy) is 1. The van der Waals surface area contributed by atoms with Gasteiger partial charge in [-0.05, 0) is 51.0 Å². The Kier molecular flexibility index (Phi) is 11.5. The summed E-state index contributed by atoms with van der Waals surface area (Å²) in [6.45, 7) is 14.1. The van der Waals surface area contributed by atoms with Gasteiger partial charge in [0.05, 0.1) is 19.3 Å². The quantitative estimate of drug-likeness (QED) is 0.410. The molecular formula is C23H40ClN5O. The van der Waals surface area contributed by atoms with Gasteiger partial charge in [-0.3, -0.25) is 9.89 Å². The van der Waals surface area contributed by atoms with E-state index in [9.17, 15) is 0 Å². The number of aliphatic imine (C=N–C) groups is 1. The van der Waals surface area contributed by atoms with Crippen LogP contribution < -0.4 is 10.6 Å². The summed E-state index contributed by atoms with van der Waals surface area (Å²) in [6, 6.07) is 8.68. The molecule has 1 saturated heterocycles. The van der Waals surface area contributed by atoms with E-state index in [-0.39, 0.29) is 6.04 Å². The number of rotatable bonds is 11. The summed E-state index contributed by atoms with van der Waals surface area (Å²) >= 11 is 6.54. The Labute approximate surface area is 188 Å². The molecule has 2 rings (SSSR count). The maximum atomic E-state index is 6.54. The molecule has 6 nitrogen and oxygen atoms in total. The number of hydrogen-bond donors (Lipinski definition) is 2. The van der Waals surface area contributed by atoms with Crippen LogP contribution in [-0.4, -0.2) is 81.3 Å². The number of guanidine groups is 1. The fourth-order valence-electron chi connectivity index (χ4n) is 3.92. The second kappa shape index (κ2) is 13.9. The Morgan fingerprint density at radius 2 is 1.93 bits per heavy atom. The fourth-order valence-corrected chi connectivity index (χ4v) is 4.19. The minimum atomic E-state index is 0.180. The first-order valence-electron chi connectivity index (χ1n) is 11.3. The molecule has 1 fully saturated rings. The number of nitrogens with zero attached hydrogens (tertiary/aromatic N) is 3. The third-order valence-electron chi connectivity index (χ3n) is 5.83. The van der Waals surface area contributed by atoms with Crippen molar-refractivity contribution in [2.75, 3.05) is 59.5 Å². The number of hydrogen-bond acceptors (Lipinski definition) is 4. The third kappa shape index (κ3) is 8.06. The molecule has 0 saturated carbocycles. The summed E-state index contributed by atoms with van der Waals surface area (Å²) in [5.41, 5.74) is 1.15. The van der Waals surface area contributed by atoms with Crippen LogP contribution in [0.2, 0.25) is 5.02 Å². The Hall–Kier alpha value is -1.34. The highest BCUT2D eigenvalue weighted by atomic mass is 35.5. The van der Waals surface area contributed by atoms with E-state index < -0.39 is 0 Å². The molecule has 2 atom stereocenters. The first-order valence-corrected chi connectivity index (χ1v) is 11.7. The summed E-state index contributed by atoms with van der Waals surface area (Å²) in [6.07, 6.45) is 2.30. The molecule has 1 aliphatic rings. The van der Waals surface area contributed by atoms with Gasteiger partial charge in [-0.25, -0.2) is 0 Å². The van der Waals surface area contributed by atoms with Crippen molar-refractivity contribution in [3.05, 3.63) is 34.9 Å². The Morgan fingerprint density at radius 1 is 1.23 bits per heavy atom. The van der Waals surface area contributed by atoms with Crippen LogP contribution in [0.25, 0.3) is 0 Å². The number of morpholine rings is 1. The lowest BCUT2D eigenvalue weighted by Gasteiger charge is -2.35. The highest BCUT2D eigenvalue weighted by Gasteiger charge is 2.24. The van der Waals surface area contributed by atoms with E-state index in [2.05, 4.69) is 58.3 Å². The minimum absolute atomic E-state index is 0.180. The lowest BCUT2D eigenvalue weighted by molar-refractivity contribution is 0.0170. The van der Waals surface area contributed by atoms with Crippen molar-refractivity contribution in [2.24, 2.45) is 4.99 Å². The normalized spacial score (nSPS) is 17.7. The predicted octanol–water partition coefficient (Wildman–Crippen LogP) is 3.39. The van der Waals surface area contributed by atoms with Crippen LogP contribution >= 0.6 is 11.6 Å². The molecule has 30 heavy (non-hydrogen) atoms. The van der Waals surface area contributed by atoms with Crippen molar-refractivity contribution >= 4 is 17.6 Å². The van der Waals surface area contributed by atoms with E-state index in [1.165, 1.54) is 6.42 Å². The van der Waals surface area contributed by atoms with Crippen molar-refractivity contribution in [2.45, 2.75) is 45.7 Å². The third-order valence-corrected chi connectivity index (χ3v) is 6.17. The Morgan fingerprint density at radius 3 is 2.57 bits per heavy atom. The molecule has 170 valence electrons. The van der Waals surface area contributed by atoms with Gasteiger partial charge in [0.25, 0.3) is 0 Å². The van der Waals surface area contributed by atoms with Gasteiger partial charge in [-0.2, -0.15) is 0 Å². The van der Waals surface area contributed by atoms with Crippen LogP contribution in [0.4, 0.5) is 0 Å². The average Bonchev–Trinajstić information content (AvgIpc) is 2.78. The molecule has 1 aromatic carbocycles. The van der Waals surface area contributed by atoms with Gasteiger partial charge in [0.1, 0.15) is 0 Å². The molecule has 0 radical (unpaired) electrons. The molecule has 0 spiro atoms. The predicted molar refractivity (Wildman–Crippen MR) is 128 cm³/mol. The smallest absolute Gasteiger partial charge is 0.191 e. The van der Waals surface area contributed by atoms with Crippen molar-refractivity contribution < 1.29 is 4.74 Å². The van der Waals surface area contributed by atoms with Gasteiger partial charge in [0.15, 0.2) is 5.96 Å². The lowest BCUT2D eigenvalue weighted by atomic mass is 10.0. The van der Waals surface area contributed by atoms with Gasteiger partial charge >= 0.3 is 0 Å². The molecule has 0 bridgehead atoms. The van der Waals surface area contributed by atoms with Gasteiger partial charge in [-0.15, -0.1) is 0 Å². The molecule has 2 N–H and O–H groups in total. The molecule has 0 aromatic heterocycles. The van der Waals surface area contributed by atoms with Crippen LogP contribution in [-0.2, 0) is 4.74 Å². The van der Waals surface area contributed by atoms with Gasteiger partial charge in [0.2, 0.25) is 0 Å². The highest BCUT2D eigenvalue weighted by Crippen LogP contribution is 2.27. The SMILES string of the molecule is CCN(CC)CCCC(C)NC(=NC)NCC(c1ccccc1Cl)N1CCOCC1. The van der Waals surface area contributed by atoms with Crippen molar-refractivity contribution in [1.29, 1.82) is 0 Å². The number of halogens is 1. The zero-order valence-corrected chi connectivity index (χ0v) is 19.9. The second-order valence-corrected chi connectivity index (χ2v) is 8.26. The van der Waals surface area contributed by atoms with E-state index >= 15 is 0 Å². The summed E-state index contributed by atoms with van der Waals surface area (Å²) in [5, 5.41) is 7.89. The first kappa shape index (κ1) is 24.9. The average molecular weight is 438 g/mol. The van der Waals surface area contributed by atoms with Crippen LogP contribution in [0, 0.1) is 0 Å². The maximum Gasteiger partial charge on any atom is 0.191 e. The largest absolute Gasteiger partial charge is 0.379 e. The summed E-state index contributed by atoms with van der Waals surface area (Å²) in [4.78, 5) is 9.36. The minimum Gasteiger partial charge on any atom is -0.379 e. The van der Waals surface area contributed by atoms with Crippen LogP contribution in [0.1, 0.15) is 45.2 Å². The van der Waals surface area contributed by atoms with E-state index in [0.717, 1.165) is 75.4 Å². The molecular weight excluding hydrogens is 398 g/mol. The molecule has 0 aliphatic carbocycles. The zero-order chi connectivity index (χ0) is 21.8. The first-order chi connectivity index (χ1) is 14.6. The maximum absolute atomic E-state index is 6.54. The van der Waals surface area contributed by atoms with Crippen molar-refractivity contribution in [3.63, 3.8) is 0 Å². The van der Waals surface area contributed by atoms with Crippen LogP contribution in [0.3, 0.4) is 0 Å². The fraction of sp³-hybridized carbons (Fsp3) is 0.696. The molecule has 1 aliphatic heterocycles. The molecule has 1 heterocycles. The van der Waals surface area contributed by atoms with Crippen molar-refractivity contribution in [3.8, 4) is 0 Å². The van der Waals surface area contributed by atoms with E-state index in [1.807, 2.05) is 19.2 Å². The Bertz CT molecular complexity index is 632. The van der Waals surface area contributed by atoms with Crippen molar-refractivity contribution in [1.82, 2.24) is 20.4 Å². The van der Waals surface area contributed by atoms with Gasteiger partial charge in [0, 0.05) is 37.7 Å². The summed E-state index contributed by atoms with van der Waals surface area (Å²) < 4.78 is 5.55. The molecule has 0 amide bonds. The van der Waals surface area contributed by atoms with E-state index in [0.29, 0.717) is 6.04 Å². The molecule has 1 aromatic rings. The van der Waals surface area contributed by atoms with Crippen LogP contribution in [0.5, 0.6) is 0 Å². The Balaban J connectivity index is 1.91. The zero-order valence-electron chi connectivity index (χ0n) is 19.2. The van der Waals surface area contributed by atoms with Crippen LogP contribution in [0.15, 0.2) is 29.3 Å². The monoisotopic (exact) mass is 437 g/mol. The summed E-state index contributed by atoms with van der Waals surface area (Å²) in [7, 11) is 1.83. The highest BCUT2D eigenvalue weighted by molar-refractivity contribution is 6.31. The molecule has 2 unspecified atom stereocenters. The lowest BCUT2D eigenvalue weighted by Crippen LogP contribution is -2.48. The van der Waals surface area contributed by atoms with E-state index in [4.69, 9.17) is 16.3 Å².